The highest BCUT2D eigenvalue weighted by atomic mass is 16.5. The first-order chi connectivity index (χ1) is 9.95. The highest BCUT2D eigenvalue weighted by Gasteiger charge is 2.18. The van der Waals surface area contributed by atoms with Crippen molar-refractivity contribution in [2.24, 2.45) is 0 Å². The fourth-order valence-electron chi connectivity index (χ4n) is 2.17. The highest BCUT2D eigenvalue weighted by molar-refractivity contribution is 5.41. The van der Waals surface area contributed by atoms with E-state index in [1.54, 1.807) is 0 Å². The normalized spacial score (nSPS) is 11.7. The smallest absolute Gasteiger partial charge is 0.123 e. The van der Waals surface area contributed by atoms with Crippen LogP contribution in [0.1, 0.15) is 45.2 Å². The van der Waals surface area contributed by atoms with Crippen LogP contribution in [0.25, 0.3) is 0 Å². The minimum absolute atomic E-state index is 0.105. The van der Waals surface area contributed by atoms with Crippen LogP contribution in [0.5, 0.6) is 5.75 Å². The van der Waals surface area contributed by atoms with Crippen molar-refractivity contribution in [2.45, 2.75) is 46.5 Å². The molecule has 0 heterocycles. The summed E-state index contributed by atoms with van der Waals surface area (Å²) in [7, 11) is 0. The average molecular weight is 293 g/mol. The first-order valence-corrected chi connectivity index (χ1v) is 7.97. The summed E-state index contributed by atoms with van der Waals surface area (Å²) in [6.07, 6.45) is 1.05. The number of aryl methyl sites for hydroxylation is 1. The molecule has 3 heteroatoms. The van der Waals surface area contributed by atoms with Gasteiger partial charge in [-0.15, -0.1) is 0 Å². The molecule has 1 aromatic carbocycles. The molecule has 0 bridgehead atoms. The first-order valence-electron chi connectivity index (χ1n) is 7.97. The third-order valence-electron chi connectivity index (χ3n) is 3.33. The van der Waals surface area contributed by atoms with E-state index >= 15 is 0 Å². The molecule has 0 aliphatic rings. The molecule has 0 aliphatic carbocycles. The summed E-state index contributed by atoms with van der Waals surface area (Å²) in [4.78, 5) is 0. The van der Waals surface area contributed by atoms with Crippen molar-refractivity contribution in [1.29, 1.82) is 0 Å². The number of benzene rings is 1. The Kier molecular flexibility index (Phi) is 7.76. The molecule has 21 heavy (non-hydrogen) atoms. The number of rotatable bonds is 9. The van der Waals surface area contributed by atoms with Gasteiger partial charge in [0.05, 0.1) is 0 Å². The van der Waals surface area contributed by atoms with Gasteiger partial charge < -0.3 is 14.8 Å². The predicted molar refractivity (Wildman–Crippen MR) is 89.4 cm³/mol. The number of ether oxygens (including phenoxy) is 2. The van der Waals surface area contributed by atoms with E-state index in [9.17, 15) is 0 Å². The van der Waals surface area contributed by atoms with Gasteiger partial charge in [0.15, 0.2) is 0 Å². The maximum Gasteiger partial charge on any atom is 0.123 e. The molecule has 0 aliphatic heterocycles. The maximum absolute atomic E-state index is 5.98. The van der Waals surface area contributed by atoms with Gasteiger partial charge in [-0.1, -0.05) is 32.9 Å². The Balaban J connectivity index is 2.36. The van der Waals surface area contributed by atoms with Crippen molar-refractivity contribution < 1.29 is 9.47 Å². The van der Waals surface area contributed by atoms with Gasteiger partial charge in [0.1, 0.15) is 12.4 Å². The van der Waals surface area contributed by atoms with E-state index < -0.39 is 0 Å². The van der Waals surface area contributed by atoms with Gasteiger partial charge in [0, 0.05) is 19.8 Å². The Bertz CT molecular complexity index is 410. The lowest BCUT2D eigenvalue weighted by Gasteiger charge is -2.23. The second kappa shape index (κ2) is 9.06. The van der Waals surface area contributed by atoms with Crippen LogP contribution >= 0.6 is 0 Å². The van der Waals surface area contributed by atoms with Gasteiger partial charge >= 0.3 is 0 Å². The molecular weight excluding hydrogens is 262 g/mol. The standard InChI is InChI=1S/C18H31NO2/c1-6-20-12-7-10-19-11-13-21-17-14-15(2)8-9-16(17)18(3,4)5/h8-9,14,19H,6-7,10-13H2,1-5H3. The van der Waals surface area contributed by atoms with Crippen LogP contribution in [-0.4, -0.2) is 32.9 Å². The molecule has 0 saturated carbocycles. The summed E-state index contributed by atoms with van der Waals surface area (Å²) in [5, 5.41) is 3.38. The lowest BCUT2D eigenvalue weighted by molar-refractivity contribution is 0.144. The summed E-state index contributed by atoms with van der Waals surface area (Å²) >= 11 is 0. The molecule has 0 saturated heterocycles. The van der Waals surface area contributed by atoms with E-state index in [1.807, 2.05) is 6.92 Å². The van der Waals surface area contributed by atoms with Gasteiger partial charge in [-0.25, -0.2) is 0 Å². The third-order valence-corrected chi connectivity index (χ3v) is 3.33. The van der Waals surface area contributed by atoms with Crippen molar-refractivity contribution in [1.82, 2.24) is 5.32 Å². The Morgan fingerprint density at radius 2 is 1.86 bits per heavy atom. The number of hydrogen-bond donors (Lipinski definition) is 1. The van der Waals surface area contributed by atoms with Crippen molar-refractivity contribution in [3.63, 3.8) is 0 Å². The summed E-state index contributed by atoms with van der Waals surface area (Å²) in [5.41, 5.74) is 2.61. The van der Waals surface area contributed by atoms with Gasteiger partial charge in [0.2, 0.25) is 0 Å². The molecule has 1 N–H and O–H groups in total. The van der Waals surface area contributed by atoms with Crippen LogP contribution in [0.2, 0.25) is 0 Å². The largest absolute Gasteiger partial charge is 0.492 e. The van der Waals surface area contributed by atoms with Crippen molar-refractivity contribution in [3.05, 3.63) is 29.3 Å². The van der Waals surface area contributed by atoms with E-state index in [0.29, 0.717) is 6.61 Å². The lowest BCUT2D eigenvalue weighted by Crippen LogP contribution is -2.24. The van der Waals surface area contributed by atoms with E-state index in [0.717, 1.165) is 38.5 Å². The quantitative estimate of drug-likeness (QED) is 0.704. The van der Waals surface area contributed by atoms with Crippen molar-refractivity contribution in [2.75, 3.05) is 32.9 Å². The summed E-state index contributed by atoms with van der Waals surface area (Å²) in [5.74, 6) is 1.01. The fraction of sp³-hybridized carbons (Fsp3) is 0.667. The molecule has 0 amide bonds. The zero-order chi connectivity index (χ0) is 15.7. The topological polar surface area (TPSA) is 30.5 Å². The SMILES string of the molecule is CCOCCCNCCOc1cc(C)ccc1C(C)(C)C. The maximum atomic E-state index is 5.98. The van der Waals surface area contributed by atoms with Crippen LogP contribution in [0.4, 0.5) is 0 Å². The van der Waals surface area contributed by atoms with Gasteiger partial charge in [-0.05, 0) is 49.4 Å². The second-order valence-corrected chi connectivity index (χ2v) is 6.40. The molecule has 1 aromatic rings. The minimum atomic E-state index is 0.105. The molecule has 3 nitrogen and oxygen atoms in total. The molecule has 0 radical (unpaired) electrons. The second-order valence-electron chi connectivity index (χ2n) is 6.40. The highest BCUT2D eigenvalue weighted by Crippen LogP contribution is 2.31. The molecule has 120 valence electrons. The Hall–Kier alpha value is -1.06. The average Bonchev–Trinajstić information content (AvgIpc) is 2.40. The van der Waals surface area contributed by atoms with Gasteiger partial charge in [0.25, 0.3) is 0 Å². The van der Waals surface area contributed by atoms with E-state index in [-0.39, 0.29) is 5.41 Å². The molecule has 0 spiro atoms. The molecule has 0 fully saturated rings. The zero-order valence-electron chi connectivity index (χ0n) is 14.3. The Morgan fingerprint density at radius 1 is 1.10 bits per heavy atom. The Labute approximate surface area is 130 Å². The molecular formula is C18H31NO2. The fourth-order valence-corrected chi connectivity index (χ4v) is 2.17. The van der Waals surface area contributed by atoms with Crippen LogP contribution in [0.3, 0.4) is 0 Å². The monoisotopic (exact) mass is 293 g/mol. The van der Waals surface area contributed by atoms with E-state index in [4.69, 9.17) is 9.47 Å². The van der Waals surface area contributed by atoms with Gasteiger partial charge in [-0.3, -0.25) is 0 Å². The molecule has 0 unspecified atom stereocenters. The molecule has 0 atom stereocenters. The van der Waals surface area contributed by atoms with E-state index in [2.05, 4.69) is 51.2 Å². The van der Waals surface area contributed by atoms with Crippen molar-refractivity contribution in [3.8, 4) is 5.75 Å². The van der Waals surface area contributed by atoms with Crippen LogP contribution in [0.15, 0.2) is 18.2 Å². The van der Waals surface area contributed by atoms with Crippen molar-refractivity contribution >= 4 is 0 Å². The Morgan fingerprint density at radius 3 is 2.52 bits per heavy atom. The number of hydrogen-bond acceptors (Lipinski definition) is 3. The summed E-state index contributed by atoms with van der Waals surface area (Å²) < 4.78 is 11.3. The minimum Gasteiger partial charge on any atom is -0.492 e. The van der Waals surface area contributed by atoms with Crippen LogP contribution in [0, 0.1) is 6.92 Å². The third kappa shape index (κ3) is 6.96. The first kappa shape index (κ1) is 18.0. The lowest BCUT2D eigenvalue weighted by atomic mass is 9.86. The molecule has 0 aromatic heterocycles. The predicted octanol–water partition coefficient (Wildman–Crippen LogP) is 3.69. The molecule has 1 rings (SSSR count). The summed E-state index contributed by atoms with van der Waals surface area (Å²) in [6.45, 7) is 14.9. The number of nitrogens with one attached hydrogen (secondary N) is 1. The van der Waals surface area contributed by atoms with Crippen LogP contribution < -0.4 is 10.1 Å². The van der Waals surface area contributed by atoms with E-state index in [1.165, 1.54) is 11.1 Å². The zero-order valence-corrected chi connectivity index (χ0v) is 14.3. The van der Waals surface area contributed by atoms with Gasteiger partial charge in [-0.2, -0.15) is 0 Å². The summed E-state index contributed by atoms with van der Waals surface area (Å²) in [6, 6.07) is 6.47. The van der Waals surface area contributed by atoms with Crippen LogP contribution in [-0.2, 0) is 10.2 Å².